The van der Waals surface area contributed by atoms with Crippen molar-refractivity contribution >= 4 is 28.9 Å². The number of anilines is 2. The summed E-state index contributed by atoms with van der Waals surface area (Å²) < 4.78 is 6.15. The molecule has 0 spiro atoms. The molecule has 0 fully saturated rings. The Morgan fingerprint density at radius 1 is 1.13 bits per heavy atom. The number of carbonyl (C=O) groups is 1. The van der Waals surface area contributed by atoms with Gasteiger partial charge in [-0.15, -0.1) is 0 Å². The predicted octanol–water partition coefficient (Wildman–Crippen LogP) is 5.10. The van der Waals surface area contributed by atoms with Gasteiger partial charge in [-0.1, -0.05) is 24.3 Å². The molecule has 4 heterocycles. The summed E-state index contributed by atoms with van der Waals surface area (Å²) in [5.74, 6) is 0.552. The van der Waals surface area contributed by atoms with E-state index in [0.717, 1.165) is 22.8 Å². The van der Waals surface area contributed by atoms with Crippen LogP contribution in [0.15, 0.2) is 54.9 Å². The largest absolute Gasteiger partial charge is 0.478 e. The second-order valence-corrected chi connectivity index (χ2v) is 7.65. The van der Waals surface area contributed by atoms with Crippen molar-refractivity contribution in [2.24, 2.45) is 0 Å². The highest BCUT2D eigenvalue weighted by molar-refractivity contribution is 7.14. The summed E-state index contributed by atoms with van der Waals surface area (Å²) in [6.45, 7) is 3.99. The van der Waals surface area contributed by atoms with E-state index >= 15 is 0 Å². The topological polar surface area (TPSA) is 110 Å². The molecule has 2 N–H and O–H groups in total. The van der Waals surface area contributed by atoms with Gasteiger partial charge in [-0.3, -0.25) is 4.98 Å². The molecule has 156 valence electrons. The first-order valence-electron chi connectivity index (χ1n) is 9.56. The molecule has 4 aromatic rings. The molecule has 9 heteroatoms. The molecule has 0 saturated heterocycles. The Morgan fingerprint density at radius 2 is 2.00 bits per heavy atom. The van der Waals surface area contributed by atoms with Gasteiger partial charge in [0.15, 0.2) is 0 Å². The van der Waals surface area contributed by atoms with Gasteiger partial charge in [0.05, 0.1) is 16.3 Å². The van der Waals surface area contributed by atoms with Gasteiger partial charge in [0.1, 0.15) is 23.1 Å². The van der Waals surface area contributed by atoms with E-state index in [0.29, 0.717) is 28.1 Å². The summed E-state index contributed by atoms with van der Waals surface area (Å²) in [6.07, 6.45) is 3.71. The number of nitrogens with zero attached hydrogens (tertiary/aromatic N) is 4. The third kappa shape index (κ3) is 4.84. The number of thiazole rings is 1. The second-order valence-electron chi connectivity index (χ2n) is 6.60. The average Bonchev–Trinajstić information content (AvgIpc) is 3.17. The Hall–Kier alpha value is -3.85. The van der Waals surface area contributed by atoms with Gasteiger partial charge < -0.3 is 15.2 Å². The number of aromatic carboxylic acids is 1. The average molecular weight is 433 g/mol. The molecule has 4 rings (SSSR count). The van der Waals surface area contributed by atoms with Crippen molar-refractivity contribution in [1.29, 1.82) is 0 Å². The summed E-state index contributed by atoms with van der Waals surface area (Å²) >= 11 is 1.49. The maximum atomic E-state index is 11.0. The molecule has 0 aromatic carbocycles. The predicted molar refractivity (Wildman–Crippen MR) is 118 cm³/mol. The van der Waals surface area contributed by atoms with E-state index in [-0.39, 0.29) is 5.56 Å². The molecule has 0 amide bonds. The van der Waals surface area contributed by atoms with Crippen LogP contribution in [0.2, 0.25) is 0 Å². The molecule has 31 heavy (non-hydrogen) atoms. The van der Waals surface area contributed by atoms with Crippen LogP contribution in [0.5, 0.6) is 10.8 Å². The van der Waals surface area contributed by atoms with Gasteiger partial charge in [0.25, 0.3) is 0 Å². The number of aromatic nitrogens is 4. The zero-order valence-corrected chi connectivity index (χ0v) is 17.7. The summed E-state index contributed by atoms with van der Waals surface area (Å²) in [5, 5.41) is 13.7. The number of hydrogen-bond acceptors (Lipinski definition) is 8. The van der Waals surface area contributed by atoms with Crippen molar-refractivity contribution in [1.82, 2.24) is 19.9 Å². The molecule has 0 aliphatic carbocycles. The number of carboxylic acids is 1. The fraction of sp³-hybridized carbons (Fsp3) is 0.136. The number of aryl methyl sites for hydroxylation is 2. The Kier molecular flexibility index (Phi) is 5.85. The van der Waals surface area contributed by atoms with Crippen LogP contribution in [0.25, 0.3) is 11.4 Å². The molecule has 0 saturated carbocycles. The summed E-state index contributed by atoms with van der Waals surface area (Å²) in [6, 6.07) is 12.4. The number of pyridine rings is 3. The van der Waals surface area contributed by atoms with E-state index in [1.807, 2.05) is 32.0 Å². The van der Waals surface area contributed by atoms with Crippen LogP contribution in [-0.4, -0.2) is 31.0 Å². The molecule has 0 bridgehead atoms. The van der Waals surface area contributed by atoms with Crippen LogP contribution in [-0.2, 0) is 6.42 Å². The summed E-state index contributed by atoms with van der Waals surface area (Å²) in [4.78, 5) is 28.6. The lowest BCUT2D eigenvalue weighted by molar-refractivity contribution is 0.0696. The number of carboxylic acid groups (broad SMARTS) is 1. The lowest BCUT2D eigenvalue weighted by atomic mass is 10.2. The number of ether oxygens (including phenoxy) is 1. The van der Waals surface area contributed by atoms with Gasteiger partial charge in [-0.25, -0.2) is 19.7 Å². The zero-order valence-electron chi connectivity index (χ0n) is 16.9. The highest BCUT2D eigenvalue weighted by Crippen LogP contribution is 2.38. The molecule has 4 aromatic heterocycles. The van der Waals surface area contributed by atoms with Crippen molar-refractivity contribution < 1.29 is 14.6 Å². The Morgan fingerprint density at radius 3 is 2.71 bits per heavy atom. The SMILES string of the molecule is CCc1nc(-c2cccc(C)n2)c(Oc2ccnc(Nc3ccc(C(=O)O)cn3)c2)s1. The minimum absolute atomic E-state index is 0.116. The smallest absolute Gasteiger partial charge is 0.337 e. The van der Waals surface area contributed by atoms with Crippen molar-refractivity contribution in [2.45, 2.75) is 20.3 Å². The lowest BCUT2D eigenvalue weighted by Crippen LogP contribution is -2.00. The van der Waals surface area contributed by atoms with Crippen LogP contribution in [0.1, 0.15) is 28.0 Å². The van der Waals surface area contributed by atoms with E-state index in [1.165, 1.54) is 23.6 Å². The molecule has 0 aliphatic rings. The molecule has 0 unspecified atom stereocenters. The van der Waals surface area contributed by atoms with E-state index in [9.17, 15) is 4.79 Å². The quantitative estimate of drug-likeness (QED) is 0.414. The Labute approximate surface area is 182 Å². The Balaban J connectivity index is 1.58. The van der Waals surface area contributed by atoms with Crippen molar-refractivity contribution in [2.75, 3.05) is 5.32 Å². The fourth-order valence-electron chi connectivity index (χ4n) is 2.78. The van der Waals surface area contributed by atoms with Crippen LogP contribution in [0, 0.1) is 6.92 Å². The monoisotopic (exact) mass is 433 g/mol. The third-order valence-electron chi connectivity index (χ3n) is 4.28. The first kappa shape index (κ1) is 20.4. The second kappa shape index (κ2) is 8.88. The minimum atomic E-state index is -1.03. The van der Waals surface area contributed by atoms with Crippen LogP contribution < -0.4 is 10.1 Å². The highest BCUT2D eigenvalue weighted by Gasteiger charge is 2.16. The van der Waals surface area contributed by atoms with Crippen molar-refractivity contribution in [3.8, 4) is 22.2 Å². The lowest BCUT2D eigenvalue weighted by Gasteiger charge is -2.08. The molecule has 0 radical (unpaired) electrons. The molecule has 0 aliphatic heterocycles. The molecule has 8 nitrogen and oxygen atoms in total. The van der Waals surface area contributed by atoms with Crippen molar-refractivity contribution in [3.05, 3.63) is 71.1 Å². The van der Waals surface area contributed by atoms with Gasteiger partial charge >= 0.3 is 5.97 Å². The zero-order chi connectivity index (χ0) is 21.8. The van der Waals surface area contributed by atoms with Crippen LogP contribution >= 0.6 is 11.3 Å². The van der Waals surface area contributed by atoms with Crippen LogP contribution in [0.3, 0.4) is 0 Å². The highest BCUT2D eigenvalue weighted by atomic mass is 32.1. The fourth-order valence-corrected chi connectivity index (χ4v) is 3.66. The van der Waals surface area contributed by atoms with Gasteiger partial charge in [-0.05, 0) is 43.7 Å². The number of hydrogen-bond donors (Lipinski definition) is 2. The van der Waals surface area contributed by atoms with E-state index in [4.69, 9.17) is 14.8 Å². The minimum Gasteiger partial charge on any atom is -0.478 e. The maximum Gasteiger partial charge on any atom is 0.337 e. The van der Waals surface area contributed by atoms with E-state index < -0.39 is 5.97 Å². The molecular weight excluding hydrogens is 414 g/mol. The summed E-state index contributed by atoms with van der Waals surface area (Å²) in [5.41, 5.74) is 2.50. The van der Waals surface area contributed by atoms with Crippen molar-refractivity contribution in [3.63, 3.8) is 0 Å². The van der Waals surface area contributed by atoms with Gasteiger partial charge in [-0.2, -0.15) is 0 Å². The molecular formula is C22H19N5O3S. The normalized spacial score (nSPS) is 10.6. The van der Waals surface area contributed by atoms with Gasteiger partial charge in [0, 0.05) is 24.2 Å². The van der Waals surface area contributed by atoms with E-state index in [2.05, 4.69) is 20.3 Å². The first-order chi connectivity index (χ1) is 15.0. The summed E-state index contributed by atoms with van der Waals surface area (Å²) in [7, 11) is 0. The Bertz CT molecular complexity index is 1220. The number of nitrogens with one attached hydrogen (secondary N) is 1. The maximum absolute atomic E-state index is 11.0. The third-order valence-corrected chi connectivity index (χ3v) is 5.36. The van der Waals surface area contributed by atoms with Crippen LogP contribution in [0.4, 0.5) is 11.6 Å². The standard InChI is InChI=1S/C22H19N5O3S/c1-3-19-27-20(16-6-4-5-13(2)25-16)22(31-19)30-15-9-10-23-18(11-15)26-17-8-7-14(12-24-17)21(28)29/h4-12H,3H2,1-2H3,(H,28,29)(H,23,24,26). The van der Waals surface area contributed by atoms with Gasteiger partial charge in [0.2, 0.25) is 5.06 Å². The first-order valence-corrected chi connectivity index (χ1v) is 10.4. The number of rotatable bonds is 7. The molecule has 0 atom stereocenters. The van der Waals surface area contributed by atoms with E-state index in [1.54, 1.807) is 24.4 Å².